The highest BCUT2D eigenvalue weighted by Gasteiger charge is 2.05. The van der Waals surface area contributed by atoms with E-state index in [1.54, 1.807) is 30.5 Å². The van der Waals surface area contributed by atoms with E-state index >= 15 is 0 Å². The number of pyridine rings is 1. The van der Waals surface area contributed by atoms with E-state index in [4.69, 9.17) is 0 Å². The SMILES string of the molecule is O=C(N/N=C/c1cc(Br)c(O)c(Br)c1)c1cccnc1. The smallest absolute Gasteiger partial charge is 0.272 e. The summed E-state index contributed by atoms with van der Waals surface area (Å²) in [5, 5.41) is 13.4. The quantitative estimate of drug-likeness (QED) is 0.616. The van der Waals surface area contributed by atoms with Crippen LogP contribution in [0.25, 0.3) is 0 Å². The Hall–Kier alpha value is -1.73. The van der Waals surface area contributed by atoms with Crippen LogP contribution in [0.1, 0.15) is 15.9 Å². The van der Waals surface area contributed by atoms with E-state index in [2.05, 4.69) is 47.4 Å². The topological polar surface area (TPSA) is 74.6 Å². The third-order valence-electron chi connectivity index (χ3n) is 2.34. The minimum absolute atomic E-state index is 0.113. The number of phenols is 1. The van der Waals surface area contributed by atoms with Gasteiger partial charge in [0.25, 0.3) is 5.91 Å². The van der Waals surface area contributed by atoms with Gasteiger partial charge in [-0.2, -0.15) is 5.10 Å². The Morgan fingerprint density at radius 1 is 1.35 bits per heavy atom. The van der Waals surface area contributed by atoms with Crippen molar-refractivity contribution in [2.24, 2.45) is 5.10 Å². The van der Waals surface area contributed by atoms with Crippen molar-refractivity contribution in [3.05, 3.63) is 56.7 Å². The number of nitrogens with zero attached hydrogens (tertiary/aromatic N) is 2. The second-order valence-electron chi connectivity index (χ2n) is 3.77. The average molecular weight is 399 g/mol. The maximum Gasteiger partial charge on any atom is 0.272 e. The number of benzene rings is 1. The fraction of sp³-hybridized carbons (Fsp3) is 0. The van der Waals surface area contributed by atoms with Crippen molar-refractivity contribution < 1.29 is 9.90 Å². The summed E-state index contributed by atoms with van der Waals surface area (Å²) in [6.07, 6.45) is 4.52. The Kier molecular flexibility index (Phi) is 4.86. The first-order chi connectivity index (χ1) is 9.58. The van der Waals surface area contributed by atoms with Crippen molar-refractivity contribution in [1.82, 2.24) is 10.4 Å². The van der Waals surface area contributed by atoms with Crippen LogP contribution in [0.2, 0.25) is 0 Å². The molecular weight excluding hydrogens is 390 g/mol. The maximum atomic E-state index is 11.7. The number of rotatable bonds is 3. The minimum Gasteiger partial charge on any atom is -0.506 e. The highest BCUT2D eigenvalue weighted by Crippen LogP contribution is 2.32. The molecule has 5 nitrogen and oxygen atoms in total. The number of carbonyl (C=O) groups is 1. The van der Waals surface area contributed by atoms with Crippen LogP contribution in [0.3, 0.4) is 0 Å². The van der Waals surface area contributed by atoms with Gasteiger partial charge in [0.15, 0.2) is 0 Å². The summed E-state index contributed by atoms with van der Waals surface area (Å²) >= 11 is 6.43. The first-order valence-corrected chi connectivity index (χ1v) is 7.08. The average Bonchev–Trinajstić information content (AvgIpc) is 2.45. The van der Waals surface area contributed by atoms with Gasteiger partial charge in [-0.3, -0.25) is 9.78 Å². The van der Waals surface area contributed by atoms with Gasteiger partial charge in [-0.15, -0.1) is 0 Å². The second kappa shape index (κ2) is 6.62. The summed E-state index contributed by atoms with van der Waals surface area (Å²) in [5.41, 5.74) is 3.54. The molecule has 0 aliphatic rings. The van der Waals surface area contributed by atoms with Crippen LogP contribution < -0.4 is 5.43 Å². The summed E-state index contributed by atoms with van der Waals surface area (Å²) in [6.45, 7) is 0. The van der Waals surface area contributed by atoms with Gasteiger partial charge in [0.2, 0.25) is 0 Å². The lowest BCUT2D eigenvalue weighted by molar-refractivity contribution is 0.0955. The van der Waals surface area contributed by atoms with Crippen LogP contribution in [0.5, 0.6) is 5.75 Å². The van der Waals surface area contributed by atoms with Crippen molar-refractivity contribution >= 4 is 44.0 Å². The molecule has 2 rings (SSSR count). The van der Waals surface area contributed by atoms with Crippen LogP contribution in [-0.2, 0) is 0 Å². The molecule has 1 heterocycles. The molecule has 102 valence electrons. The highest BCUT2D eigenvalue weighted by molar-refractivity contribution is 9.11. The van der Waals surface area contributed by atoms with Gasteiger partial charge in [-0.05, 0) is 61.7 Å². The molecule has 7 heteroatoms. The first kappa shape index (κ1) is 14.7. The number of phenolic OH excluding ortho intramolecular Hbond substituents is 1. The summed E-state index contributed by atoms with van der Waals surface area (Å²) in [7, 11) is 0. The third kappa shape index (κ3) is 3.64. The Morgan fingerprint density at radius 2 is 2.05 bits per heavy atom. The zero-order valence-electron chi connectivity index (χ0n) is 10.0. The predicted molar refractivity (Wildman–Crippen MR) is 82.8 cm³/mol. The van der Waals surface area contributed by atoms with E-state index in [-0.39, 0.29) is 11.7 Å². The first-order valence-electron chi connectivity index (χ1n) is 5.49. The number of nitrogens with one attached hydrogen (secondary N) is 1. The van der Waals surface area contributed by atoms with Gasteiger partial charge in [-0.25, -0.2) is 5.43 Å². The fourth-order valence-corrected chi connectivity index (χ4v) is 2.61. The number of aromatic nitrogens is 1. The number of amides is 1. The minimum atomic E-state index is -0.341. The molecule has 0 aliphatic heterocycles. The molecule has 1 aromatic heterocycles. The zero-order chi connectivity index (χ0) is 14.5. The molecule has 1 amide bonds. The number of hydrogen-bond donors (Lipinski definition) is 2. The molecular formula is C13H9Br2N3O2. The number of halogens is 2. The third-order valence-corrected chi connectivity index (χ3v) is 3.55. The molecule has 0 atom stereocenters. The van der Waals surface area contributed by atoms with Crippen molar-refractivity contribution in [3.8, 4) is 5.75 Å². The normalized spacial score (nSPS) is 10.7. The number of hydrazone groups is 1. The van der Waals surface area contributed by atoms with E-state index in [0.29, 0.717) is 20.1 Å². The van der Waals surface area contributed by atoms with Gasteiger partial charge in [0, 0.05) is 12.4 Å². The number of aromatic hydroxyl groups is 1. The molecule has 0 bridgehead atoms. The molecule has 0 fully saturated rings. The zero-order valence-corrected chi connectivity index (χ0v) is 13.2. The van der Waals surface area contributed by atoms with Gasteiger partial charge < -0.3 is 5.11 Å². The summed E-state index contributed by atoms with van der Waals surface area (Å²) < 4.78 is 1.07. The van der Waals surface area contributed by atoms with Crippen molar-refractivity contribution in [2.75, 3.05) is 0 Å². The standard InChI is InChI=1S/C13H9Br2N3O2/c14-10-4-8(5-11(15)12(10)19)6-17-18-13(20)9-2-1-3-16-7-9/h1-7,19H,(H,18,20)/b17-6+. The number of hydrogen-bond acceptors (Lipinski definition) is 4. The monoisotopic (exact) mass is 397 g/mol. The lowest BCUT2D eigenvalue weighted by atomic mass is 10.2. The Labute approximate surface area is 132 Å². The van der Waals surface area contributed by atoms with Crippen molar-refractivity contribution in [2.45, 2.75) is 0 Å². The molecule has 2 aromatic rings. The van der Waals surface area contributed by atoms with Gasteiger partial charge in [0.05, 0.1) is 20.7 Å². The molecule has 0 unspecified atom stereocenters. The van der Waals surface area contributed by atoms with Gasteiger partial charge in [-0.1, -0.05) is 0 Å². The molecule has 0 saturated heterocycles. The van der Waals surface area contributed by atoms with E-state index in [1.807, 2.05) is 0 Å². The molecule has 2 N–H and O–H groups in total. The summed E-state index contributed by atoms with van der Waals surface area (Å²) in [5.74, 6) is -0.229. The van der Waals surface area contributed by atoms with Crippen LogP contribution >= 0.6 is 31.9 Å². The van der Waals surface area contributed by atoms with Crippen molar-refractivity contribution in [1.29, 1.82) is 0 Å². The summed E-state index contributed by atoms with van der Waals surface area (Å²) in [6, 6.07) is 6.68. The maximum absolute atomic E-state index is 11.7. The van der Waals surface area contributed by atoms with E-state index in [1.165, 1.54) is 12.4 Å². The van der Waals surface area contributed by atoms with Gasteiger partial charge >= 0.3 is 0 Å². The largest absolute Gasteiger partial charge is 0.506 e. The van der Waals surface area contributed by atoms with E-state index in [0.717, 1.165) is 0 Å². The van der Waals surface area contributed by atoms with Crippen LogP contribution in [0.4, 0.5) is 0 Å². The Balaban J connectivity index is 2.06. The Morgan fingerprint density at radius 3 is 2.65 bits per heavy atom. The van der Waals surface area contributed by atoms with Gasteiger partial charge in [0.1, 0.15) is 5.75 Å². The van der Waals surface area contributed by atoms with Crippen molar-refractivity contribution in [3.63, 3.8) is 0 Å². The van der Waals surface area contributed by atoms with Crippen LogP contribution in [-0.4, -0.2) is 22.2 Å². The molecule has 20 heavy (non-hydrogen) atoms. The van der Waals surface area contributed by atoms with E-state index in [9.17, 15) is 9.90 Å². The van der Waals surface area contributed by atoms with Crippen LogP contribution in [0.15, 0.2) is 50.7 Å². The molecule has 1 aromatic carbocycles. The number of carbonyl (C=O) groups excluding carboxylic acids is 1. The lowest BCUT2D eigenvalue weighted by Crippen LogP contribution is -2.17. The fourth-order valence-electron chi connectivity index (χ4n) is 1.39. The van der Waals surface area contributed by atoms with Crippen LogP contribution in [0, 0.1) is 0 Å². The highest BCUT2D eigenvalue weighted by atomic mass is 79.9. The molecule has 0 spiro atoms. The predicted octanol–water partition coefficient (Wildman–Crippen LogP) is 3.08. The molecule has 0 radical (unpaired) electrons. The second-order valence-corrected chi connectivity index (χ2v) is 5.48. The lowest BCUT2D eigenvalue weighted by Gasteiger charge is -2.02. The molecule has 0 aliphatic carbocycles. The molecule has 0 saturated carbocycles. The Bertz CT molecular complexity index is 637. The van der Waals surface area contributed by atoms with E-state index < -0.39 is 0 Å². The summed E-state index contributed by atoms with van der Waals surface area (Å²) in [4.78, 5) is 15.6.